The van der Waals surface area contributed by atoms with Gasteiger partial charge in [-0.1, -0.05) is 60.7 Å². The lowest BCUT2D eigenvalue weighted by atomic mass is 10.1. The van der Waals surface area contributed by atoms with Gasteiger partial charge >= 0.3 is 5.97 Å². The number of nitrogens with zero attached hydrogens (tertiary/aromatic N) is 1. The van der Waals surface area contributed by atoms with Gasteiger partial charge in [0.05, 0.1) is 10.5 Å². The number of hydrogen-bond donors (Lipinski definition) is 1. The fourth-order valence-electron chi connectivity index (χ4n) is 2.93. The molecule has 0 radical (unpaired) electrons. The van der Waals surface area contributed by atoms with Gasteiger partial charge in [-0.25, -0.2) is 17.5 Å². The molecule has 32 heavy (non-hydrogen) atoms. The van der Waals surface area contributed by atoms with Crippen molar-refractivity contribution < 1.29 is 22.7 Å². The molecule has 1 amide bonds. The third-order valence-corrected chi connectivity index (χ3v) is 6.57. The molecule has 3 aromatic rings. The molecule has 8 heteroatoms. The zero-order valence-electron chi connectivity index (χ0n) is 17.8. The van der Waals surface area contributed by atoms with E-state index in [1.807, 2.05) is 30.3 Å². The number of rotatable bonds is 8. The number of esters is 1. The van der Waals surface area contributed by atoms with Crippen molar-refractivity contribution in [3.8, 4) is 0 Å². The number of carbonyl (C=O) groups is 2. The summed E-state index contributed by atoms with van der Waals surface area (Å²) in [5, 5.41) is 2.79. The van der Waals surface area contributed by atoms with Gasteiger partial charge in [0.1, 0.15) is 0 Å². The van der Waals surface area contributed by atoms with Crippen LogP contribution in [0.1, 0.15) is 27.6 Å². The summed E-state index contributed by atoms with van der Waals surface area (Å²) in [7, 11) is -0.762. The van der Waals surface area contributed by atoms with Crippen molar-refractivity contribution in [1.29, 1.82) is 0 Å². The van der Waals surface area contributed by atoms with E-state index >= 15 is 0 Å². The molecule has 7 nitrogen and oxygen atoms in total. The highest BCUT2D eigenvalue weighted by molar-refractivity contribution is 7.89. The zero-order valence-corrected chi connectivity index (χ0v) is 18.6. The SMILES string of the molecule is CN(C)S(=O)(=O)c1ccc(C(=O)OC(C(=O)NCc2ccccc2)c2ccccc2)cc1. The van der Waals surface area contributed by atoms with E-state index in [-0.39, 0.29) is 17.0 Å². The lowest BCUT2D eigenvalue weighted by molar-refractivity contribution is -0.130. The van der Waals surface area contributed by atoms with Gasteiger partial charge in [-0.2, -0.15) is 0 Å². The molecule has 0 aliphatic heterocycles. The average Bonchev–Trinajstić information content (AvgIpc) is 2.82. The van der Waals surface area contributed by atoms with Crippen molar-refractivity contribution in [2.75, 3.05) is 14.1 Å². The summed E-state index contributed by atoms with van der Waals surface area (Å²) >= 11 is 0. The molecule has 0 spiro atoms. The van der Waals surface area contributed by atoms with E-state index in [9.17, 15) is 18.0 Å². The Bertz CT molecular complexity index is 1160. The van der Waals surface area contributed by atoms with Crippen molar-refractivity contribution in [1.82, 2.24) is 9.62 Å². The first-order chi connectivity index (χ1) is 15.3. The molecule has 0 saturated carbocycles. The van der Waals surface area contributed by atoms with Crippen LogP contribution < -0.4 is 5.32 Å². The van der Waals surface area contributed by atoms with Crippen molar-refractivity contribution >= 4 is 21.9 Å². The van der Waals surface area contributed by atoms with Gasteiger partial charge < -0.3 is 10.1 Å². The average molecular weight is 453 g/mol. The number of nitrogens with one attached hydrogen (secondary N) is 1. The quantitative estimate of drug-likeness (QED) is 0.530. The molecule has 0 fully saturated rings. The second kappa shape index (κ2) is 10.2. The molecule has 0 aliphatic carbocycles. The Hall–Kier alpha value is -3.49. The lowest BCUT2D eigenvalue weighted by Gasteiger charge is -2.18. The highest BCUT2D eigenvalue weighted by Crippen LogP contribution is 2.21. The number of benzene rings is 3. The van der Waals surface area contributed by atoms with Crippen LogP contribution in [-0.4, -0.2) is 38.7 Å². The fourth-order valence-corrected chi connectivity index (χ4v) is 3.83. The van der Waals surface area contributed by atoms with Gasteiger partial charge in [0.25, 0.3) is 5.91 Å². The van der Waals surface area contributed by atoms with Crippen molar-refractivity contribution in [2.24, 2.45) is 0 Å². The first-order valence-electron chi connectivity index (χ1n) is 9.89. The van der Waals surface area contributed by atoms with Gasteiger partial charge in [0, 0.05) is 26.2 Å². The lowest BCUT2D eigenvalue weighted by Crippen LogP contribution is -2.31. The van der Waals surface area contributed by atoms with E-state index in [0.29, 0.717) is 5.56 Å². The van der Waals surface area contributed by atoms with E-state index in [0.717, 1.165) is 9.87 Å². The predicted molar refractivity (Wildman–Crippen MR) is 120 cm³/mol. The predicted octanol–water partition coefficient (Wildman–Crippen LogP) is 3.15. The van der Waals surface area contributed by atoms with E-state index < -0.39 is 28.0 Å². The summed E-state index contributed by atoms with van der Waals surface area (Å²) < 4.78 is 31.0. The van der Waals surface area contributed by atoms with Crippen LogP contribution in [0.2, 0.25) is 0 Å². The molecular weight excluding hydrogens is 428 g/mol. The van der Waals surface area contributed by atoms with Crippen molar-refractivity contribution in [2.45, 2.75) is 17.5 Å². The number of ether oxygens (including phenoxy) is 1. The molecule has 0 heterocycles. The third-order valence-electron chi connectivity index (χ3n) is 4.74. The minimum absolute atomic E-state index is 0.0549. The molecule has 1 atom stereocenters. The van der Waals surface area contributed by atoms with Gasteiger partial charge in [0.15, 0.2) is 0 Å². The molecular formula is C24H24N2O5S. The normalized spacial score (nSPS) is 12.2. The van der Waals surface area contributed by atoms with E-state index in [4.69, 9.17) is 4.74 Å². The van der Waals surface area contributed by atoms with Gasteiger partial charge in [0.2, 0.25) is 16.1 Å². The van der Waals surface area contributed by atoms with Crippen molar-refractivity contribution in [3.05, 3.63) is 102 Å². The monoisotopic (exact) mass is 452 g/mol. The first-order valence-corrected chi connectivity index (χ1v) is 11.3. The van der Waals surface area contributed by atoms with Crippen LogP contribution in [-0.2, 0) is 26.1 Å². The van der Waals surface area contributed by atoms with Crippen molar-refractivity contribution in [3.63, 3.8) is 0 Å². The second-order valence-electron chi connectivity index (χ2n) is 7.21. The highest BCUT2D eigenvalue weighted by Gasteiger charge is 2.26. The van der Waals surface area contributed by atoms with E-state index in [1.165, 1.54) is 38.4 Å². The Labute approximate surface area is 187 Å². The molecule has 3 rings (SSSR count). The summed E-state index contributed by atoms with van der Waals surface area (Å²) in [5.41, 5.74) is 1.58. The molecule has 3 aromatic carbocycles. The molecule has 0 aliphatic rings. The molecule has 0 aromatic heterocycles. The van der Waals surface area contributed by atoms with Crippen LogP contribution in [0.3, 0.4) is 0 Å². The fraction of sp³-hybridized carbons (Fsp3) is 0.167. The largest absolute Gasteiger partial charge is 0.444 e. The van der Waals surface area contributed by atoms with Gasteiger partial charge in [-0.05, 0) is 29.8 Å². The first kappa shape index (κ1) is 23.2. The number of sulfonamides is 1. The summed E-state index contributed by atoms with van der Waals surface area (Å²) in [6.07, 6.45) is -1.16. The molecule has 1 unspecified atom stereocenters. The maximum atomic E-state index is 12.9. The van der Waals surface area contributed by atoms with Crippen LogP contribution in [0.4, 0.5) is 0 Å². The molecule has 1 N–H and O–H groups in total. The Balaban J connectivity index is 1.77. The van der Waals surface area contributed by atoms with Gasteiger partial charge in [-0.15, -0.1) is 0 Å². The highest BCUT2D eigenvalue weighted by atomic mass is 32.2. The van der Waals surface area contributed by atoms with Crippen LogP contribution in [0, 0.1) is 0 Å². The third kappa shape index (κ3) is 5.60. The summed E-state index contributed by atoms with van der Waals surface area (Å²) in [4.78, 5) is 25.7. The second-order valence-corrected chi connectivity index (χ2v) is 9.36. The van der Waals surface area contributed by atoms with E-state index in [1.54, 1.807) is 30.3 Å². The zero-order chi connectivity index (χ0) is 23.1. The van der Waals surface area contributed by atoms with Crippen LogP contribution in [0.15, 0.2) is 89.8 Å². The summed E-state index contributed by atoms with van der Waals surface area (Å²) in [5.74, 6) is -1.19. The smallest absolute Gasteiger partial charge is 0.339 e. The maximum Gasteiger partial charge on any atom is 0.339 e. The molecule has 0 saturated heterocycles. The van der Waals surface area contributed by atoms with Crippen LogP contribution >= 0.6 is 0 Å². The molecule has 0 bridgehead atoms. The minimum atomic E-state index is -3.62. The van der Waals surface area contributed by atoms with Crippen LogP contribution in [0.25, 0.3) is 0 Å². The summed E-state index contributed by atoms with van der Waals surface area (Å²) in [6.45, 7) is 0.289. The Kier molecular flexibility index (Phi) is 7.40. The van der Waals surface area contributed by atoms with Crippen LogP contribution in [0.5, 0.6) is 0 Å². The Morgan fingerprint density at radius 2 is 1.44 bits per heavy atom. The minimum Gasteiger partial charge on any atom is -0.444 e. The Morgan fingerprint density at radius 3 is 2.00 bits per heavy atom. The van der Waals surface area contributed by atoms with Gasteiger partial charge in [-0.3, -0.25) is 4.79 Å². The maximum absolute atomic E-state index is 12.9. The number of hydrogen-bond acceptors (Lipinski definition) is 5. The topological polar surface area (TPSA) is 92.8 Å². The Morgan fingerprint density at radius 1 is 0.875 bits per heavy atom. The summed E-state index contributed by atoms with van der Waals surface area (Å²) in [6, 6.07) is 23.5. The number of amides is 1. The standard InChI is InChI=1S/C24H24N2O5S/c1-26(2)32(29,30)21-15-13-20(14-16-21)24(28)31-22(19-11-7-4-8-12-19)23(27)25-17-18-9-5-3-6-10-18/h3-16,22H,17H2,1-2H3,(H,25,27). The molecule has 166 valence electrons. The van der Waals surface area contributed by atoms with E-state index in [2.05, 4.69) is 5.32 Å². The number of carbonyl (C=O) groups excluding carboxylic acids is 2.